The van der Waals surface area contributed by atoms with Gasteiger partial charge in [-0.25, -0.2) is 9.59 Å². The number of nitrogens with two attached hydrogens (primary N) is 1. The van der Waals surface area contributed by atoms with Crippen LogP contribution in [0, 0.1) is 0 Å². The Kier molecular flexibility index (Phi) is 6.40. The lowest BCUT2D eigenvalue weighted by Gasteiger charge is -2.11. The van der Waals surface area contributed by atoms with Crippen LogP contribution in [0.5, 0.6) is 5.75 Å². The summed E-state index contributed by atoms with van der Waals surface area (Å²) in [6.07, 6.45) is 0. The molecule has 0 heterocycles. The van der Waals surface area contributed by atoms with Gasteiger partial charge >= 0.3 is 12.0 Å². The first-order valence-electron chi connectivity index (χ1n) is 7.36. The highest BCUT2D eigenvalue weighted by Gasteiger charge is 2.12. The highest BCUT2D eigenvalue weighted by Crippen LogP contribution is 2.27. The fraction of sp³-hybridized carbons (Fsp3) is 0.118. The largest absolute Gasteiger partial charge is 0.495 e. The zero-order valence-corrected chi connectivity index (χ0v) is 14.5. The number of hydrogen-bond donors (Lipinski definition) is 3. The van der Waals surface area contributed by atoms with Crippen LogP contribution in [0.2, 0.25) is 5.02 Å². The van der Waals surface area contributed by atoms with Gasteiger partial charge in [0.1, 0.15) is 5.75 Å². The van der Waals surface area contributed by atoms with E-state index in [-0.39, 0.29) is 5.56 Å². The molecule has 26 heavy (non-hydrogen) atoms. The van der Waals surface area contributed by atoms with E-state index in [1.54, 1.807) is 12.1 Å². The number of rotatable bonds is 6. The molecule has 0 aliphatic carbocycles. The van der Waals surface area contributed by atoms with E-state index >= 15 is 0 Å². The highest BCUT2D eigenvalue weighted by atomic mass is 35.5. The van der Waals surface area contributed by atoms with Crippen molar-refractivity contribution in [3.63, 3.8) is 0 Å². The number of methoxy groups -OCH3 is 1. The number of halogens is 1. The number of carbonyl (C=O) groups is 3. The number of urea groups is 1. The molecular weight excluding hydrogens is 362 g/mol. The molecule has 8 nitrogen and oxygen atoms in total. The lowest BCUT2D eigenvalue weighted by Crippen LogP contribution is -2.21. The van der Waals surface area contributed by atoms with E-state index in [0.29, 0.717) is 22.1 Å². The van der Waals surface area contributed by atoms with Gasteiger partial charge in [0.25, 0.3) is 5.91 Å². The second kappa shape index (κ2) is 8.72. The number of benzene rings is 2. The molecule has 0 saturated carbocycles. The van der Waals surface area contributed by atoms with E-state index in [4.69, 9.17) is 26.8 Å². The van der Waals surface area contributed by atoms with Crippen molar-refractivity contribution in [3.05, 3.63) is 53.1 Å². The standard InChI is InChI=1S/C17H16ClN3O5/c1-25-14-7-4-11(18)8-13(14)21-15(22)9-26-16(23)10-2-5-12(6-3-10)20-17(19)24/h2-8H,9H2,1H3,(H,21,22)(H3,19,20,24). The molecule has 0 saturated heterocycles. The summed E-state index contributed by atoms with van der Waals surface area (Å²) in [4.78, 5) is 34.6. The van der Waals surface area contributed by atoms with Crippen molar-refractivity contribution >= 4 is 40.9 Å². The first-order valence-corrected chi connectivity index (χ1v) is 7.74. The average Bonchev–Trinajstić information content (AvgIpc) is 2.60. The maximum absolute atomic E-state index is 12.0. The van der Waals surface area contributed by atoms with Gasteiger partial charge in [-0.05, 0) is 42.5 Å². The van der Waals surface area contributed by atoms with Crippen LogP contribution in [-0.2, 0) is 9.53 Å². The molecule has 0 radical (unpaired) electrons. The molecule has 0 fully saturated rings. The Morgan fingerprint density at radius 1 is 1.08 bits per heavy atom. The molecule has 0 aromatic heterocycles. The molecule has 3 amide bonds. The average molecular weight is 378 g/mol. The molecule has 2 aromatic rings. The molecule has 9 heteroatoms. The first kappa shape index (κ1) is 19.1. The minimum atomic E-state index is -0.714. The third-order valence-electron chi connectivity index (χ3n) is 3.16. The van der Waals surface area contributed by atoms with Crippen molar-refractivity contribution in [2.75, 3.05) is 24.4 Å². The van der Waals surface area contributed by atoms with Gasteiger partial charge in [-0.1, -0.05) is 11.6 Å². The Hall–Kier alpha value is -3.26. The molecule has 0 spiro atoms. The number of amides is 3. The number of hydrogen-bond acceptors (Lipinski definition) is 5. The number of primary amides is 1. The molecule has 136 valence electrons. The highest BCUT2D eigenvalue weighted by molar-refractivity contribution is 6.31. The monoisotopic (exact) mass is 377 g/mol. The summed E-state index contributed by atoms with van der Waals surface area (Å²) in [5.41, 5.74) is 6.00. The zero-order valence-electron chi connectivity index (χ0n) is 13.7. The van der Waals surface area contributed by atoms with E-state index < -0.39 is 24.5 Å². The molecule has 0 unspecified atom stereocenters. The van der Waals surface area contributed by atoms with Crippen LogP contribution in [0.3, 0.4) is 0 Å². The van der Waals surface area contributed by atoms with Crippen LogP contribution >= 0.6 is 11.6 Å². The predicted octanol–water partition coefficient (Wildman–Crippen LogP) is 2.63. The van der Waals surface area contributed by atoms with Crippen molar-refractivity contribution in [1.29, 1.82) is 0 Å². The minimum Gasteiger partial charge on any atom is -0.495 e. The normalized spacial score (nSPS) is 9.92. The van der Waals surface area contributed by atoms with Crippen LogP contribution in [0.25, 0.3) is 0 Å². The molecular formula is C17H16ClN3O5. The summed E-state index contributed by atoms with van der Waals surface area (Å²) < 4.78 is 10.1. The molecule has 2 rings (SSSR count). The SMILES string of the molecule is COc1ccc(Cl)cc1NC(=O)COC(=O)c1ccc(NC(N)=O)cc1. The van der Waals surface area contributed by atoms with Crippen molar-refractivity contribution < 1.29 is 23.9 Å². The Morgan fingerprint density at radius 3 is 2.38 bits per heavy atom. The zero-order chi connectivity index (χ0) is 19.1. The van der Waals surface area contributed by atoms with Crippen molar-refractivity contribution in [2.45, 2.75) is 0 Å². The molecule has 0 aliphatic rings. The van der Waals surface area contributed by atoms with Crippen molar-refractivity contribution in [1.82, 2.24) is 0 Å². The second-order valence-electron chi connectivity index (χ2n) is 5.04. The Balaban J connectivity index is 1.91. The number of carbonyl (C=O) groups excluding carboxylic acids is 3. The number of anilines is 2. The first-order chi connectivity index (χ1) is 12.4. The molecule has 4 N–H and O–H groups in total. The Morgan fingerprint density at radius 2 is 1.77 bits per heavy atom. The summed E-state index contributed by atoms with van der Waals surface area (Å²) in [6, 6.07) is 9.87. The lowest BCUT2D eigenvalue weighted by molar-refractivity contribution is -0.119. The van der Waals surface area contributed by atoms with E-state index in [9.17, 15) is 14.4 Å². The second-order valence-corrected chi connectivity index (χ2v) is 5.47. The van der Waals surface area contributed by atoms with Crippen molar-refractivity contribution in [2.24, 2.45) is 5.73 Å². The van der Waals surface area contributed by atoms with Crippen molar-refractivity contribution in [3.8, 4) is 5.75 Å². The Labute approximate surface area is 154 Å². The minimum absolute atomic E-state index is 0.216. The molecule has 2 aromatic carbocycles. The number of ether oxygens (including phenoxy) is 2. The molecule has 0 aliphatic heterocycles. The maximum atomic E-state index is 12.0. The van der Waals surface area contributed by atoms with Gasteiger partial charge in [-0.2, -0.15) is 0 Å². The van der Waals surface area contributed by atoms with E-state index in [1.165, 1.54) is 37.4 Å². The van der Waals surface area contributed by atoms with E-state index in [1.807, 2.05) is 0 Å². The maximum Gasteiger partial charge on any atom is 0.338 e. The number of nitrogens with one attached hydrogen (secondary N) is 2. The summed E-state index contributed by atoms with van der Waals surface area (Å²) in [5, 5.41) is 5.34. The van der Waals surface area contributed by atoms with Gasteiger partial charge in [0, 0.05) is 10.7 Å². The van der Waals surface area contributed by atoms with Gasteiger partial charge in [0.05, 0.1) is 18.4 Å². The Bertz CT molecular complexity index is 824. The molecule has 0 bridgehead atoms. The summed E-state index contributed by atoms with van der Waals surface area (Å²) in [5.74, 6) is -0.818. The van der Waals surface area contributed by atoms with E-state index in [2.05, 4.69) is 10.6 Å². The van der Waals surface area contributed by atoms with Gasteiger partial charge in [0.15, 0.2) is 6.61 Å². The van der Waals surface area contributed by atoms with Crippen LogP contribution < -0.4 is 21.1 Å². The van der Waals surface area contributed by atoms with Gasteiger partial charge in [-0.15, -0.1) is 0 Å². The topological polar surface area (TPSA) is 120 Å². The van der Waals surface area contributed by atoms with Gasteiger partial charge in [0.2, 0.25) is 0 Å². The predicted molar refractivity (Wildman–Crippen MR) is 96.6 cm³/mol. The van der Waals surface area contributed by atoms with Crippen LogP contribution in [0.15, 0.2) is 42.5 Å². The summed E-state index contributed by atoms with van der Waals surface area (Å²) in [7, 11) is 1.45. The van der Waals surface area contributed by atoms with E-state index in [0.717, 1.165) is 0 Å². The fourth-order valence-corrected chi connectivity index (χ4v) is 2.18. The third-order valence-corrected chi connectivity index (χ3v) is 3.39. The molecule has 0 atom stereocenters. The summed E-state index contributed by atoms with van der Waals surface area (Å²) >= 11 is 5.88. The summed E-state index contributed by atoms with van der Waals surface area (Å²) in [6.45, 7) is -0.490. The van der Waals surface area contributed by atoms with Crippen LogP contribution in [0.4, 0.5) is 16.2 Å². The quantitative estimate of drug-likeness (QED) is 0.668. The van der Waals surface area contributed by atoms with Gasteiger partial charge in [-0.3, -0.25) is 4.79 Å². The van der Waals surface area contributed by atoms with Crippen LogP contribution in [-0.4, -0.2) is 31.6 Å². The lowest BCUT2D eigenvalue weighted by atomic mass is 10.2. The fourth-order valence-electron chi connectivity index (χ4n) is 2.01. The third kappa shape index (κ3) is 5.38. The van der Waals surface area contributed by atoms with Gasteiger partial charge < -0.3 is 25.8 Å². The van der Waals surface area contributed by atoms with Crippen LogP contribution in [0.1, 0.15) is 10.4 Å². The number of esters is 1. The smallest absolute Gasteiger partial charge is 0.338 e.